The van der Waals surface area contributed by atoms with Crippen LogP contribution in [0.25, 0.3) is 0 Å². The smallest absolute Gasteiger partial charge is 0.269 e. The SMILES string of the molecule is COc1ccc(OC)c(NC(=O)CSCc2ccc([N+](=O)[O-])cc2)c1. The fourth-order valence-electron chi connectivity index (χ4n) is 2.07. The summed E-state index contributed by atoms with van der Waals surface area (Å²) in [5.41, 5.74) is 1.52. The number of nitro benzene ring substituents is 1. The van der Waals surface area contributed by atoms with Gasteiger partial charge < -0.3 is 14.8 Å². The summed E-state index contributed by atoms with van der Waals surface area (Å²) < 4.78 is 10.4. The first-order chi connectivity index (χ1) is 12.0. The van der Waals surface area contributed by atoms with Gasteiger partial charge in [-0.3, -0.25) is 14.9 Å². The van der Waals surface area contributed by atoms with E-state index in [2.05, 4.69) is 5.32 Å². The van der Waals surface area contributed by atoms with Crippen LogP contribution >= 0.6 is 11.8 Å². The van der Waals surface area contributed by atoms with Crippen molar-refractivity contribution in [2.75, 3.05) is 25.3 Å². The number of hydrogen-bond acceptors (Lipinski definition) is 6. The van der Waals surface area contributed by atoms with E-state index in [-0.39, 0.29) is 17.3 Å². The zero-order chi connectivity index (χ0) is 18.2. The fraction of sp³-hybridized carbons (Fsp3) is 0.235. The highest BCUT2D eigenvalue weighted by Gasteiger charge is 2.10. The van der Waals surface area contributed by atoms with Crippen molar-refractivity contribution < 1.29 is 19.2 Å². The van der Waals surface area contributed by atoms with E-state index >= 15 is 0 Å². The third kappa shape index (κ3) is 5.39. The van der Waals surface area contributed by atoms with E-state index in [4.69, 9.17) is 9.47 Å². The number of carbonyl (C=O) groups excluding carboxylic acids is 1. The van der Waals surface area contributed by atoms with Gasteiger partial charge >= 0.3 is 0 Å². The summed E-state index contributed by atoms with van der Waals surface area (Å²) in [6.45, 7) is 0. The highest BCUT2D eigenvalue weighted by molar-refractivity contribution is 7.99. The Morgan fingerprint density at radius 3 is 2.48 bits per heavy atom. The predicted molar refractivity (Wildman–Crippen MR) is 97.4 cm³/mol. The third-order valence-corrected chi connectivity index (χ3v) is 4.33. The lowest BCUT2D eigenvalue weighted by molar-refractivity contribution is -0.384. The molecule has 132 valence electrons. The Hall–Kier alpha value is -2.74. The van der Waals surface area contributed by atoms with Gasteiger partial charge in [0, 0.05) is 24.0 Å². The Bertz CT molecular complexity index is 749. The van der Waals surface area contributed by atoms with Crippen LogP contribution < -0.4 is 14.8 Å². The van der Waals surface area contributed by atoms with Crippen molar-refractivity contribution in [3.8, 4) is 11.5 Å². The van der Waals surface area contributed by atoms with Crippen molar-refractivity contribution in [1.29, 1.82) is 0 Å². The van der Waals surface area contributed by atoms with Crippen LogP contribution in [0, 0.1) is 10.1 Å². The molecule has 25 heavy (non-hydrogen) atoms. The number of nitrogens with zero attached hydrogens (tertiary/aromatic N) is 1. The van der Waals surface area contributed by atoms with Crippen molar-refractivity contribution in [3.05, 3.63) is 58.1 Å². The number of benzene rings is 2. The number of ether oxygens (including phenoxy) is 2. The van der Waals surface area contributed by atoms with Gasteiger partial charge in [-0.1, -0.05) is 12.1 Å². The van der Waals surface area contributed by atoms with E-state index in [1.807, 2.05) is 0 Å². The number of hydrogen-bond donors (Lipinski definition) is 1. The van der Waals surface area contributed by atoms with Crippen LogP contribution in [0.4, 0.5) is 11.4 Å². The molecule has 0 bridgehead atoms. The van der Waals surface area contributed by atoms with E-state index in [0.29, 0.717) is 22.9 Å². The van der Waals surface area contributed by atoms with E-state index in [1.54, 1.807) is 37.4 Å². The zero-order valence-corrected chi connectivity index (χ0v) is 14.7. The summed E-state index contributed by atoms with van der Waals surface area (Å²) in [7, 11) is 3.08. The Morgan fingerprint density at radius 1 is 1.16 bits per heavy atom. The number of amides is 1. The molecule has 1 amide bonds. The Labute approximate surface area is 149 Å². The average Bonchev–Trinajstić information content (AvgIpc) is 2.62. The van der Waals surface area contributed by atoms with Crippen LogP contribution in [0.2, 0.25) is 0 Å². The van der Waals surface area contributed by atoms with Gasteiger partial charge in [0.05, 0.1) is 30.6 Å². The van der Waals surface area contributed by atoms with Crippen LogP contribution in [0.3, 0.4) is 0 Å². The van der Waals surface area contributed by atoms with Crippen LogP contribution in [0.15, 0.2) is 42.5 Å². The summed E-state index contributed by atoms with van der Waals surface area (Å²) in [6, 6.07) is 11.4. The molecular weight excluding hydrogens is 344 g/mol. The maximum absolute atomic E-state index is 12.1. The number of nitro groups is 1. The monoisotopic (exact) mass is 362 g/mol. The summed E-state index contributed by atoms with van der Waals surface area (Å²) in [5.74, 6) is 1.83. The molecule has 0 unspecified atom stereocenters. The zero-order valence-electron chi connectivity index (χ0n) is 13.9. The minimum Gasteiger partial charge on any atom is -0.497 e. The first-order valence-corrected chi connectivity index (χ1v) is 8.52. The number of anilines is 1. The van der Waals surface area contributed by atoms with Crippen LogP contribution in [0.5, 0.6) is 11.5 Å². The highest BCUT2D eigenvalue weighted by atomic mass is 32.2. The van der Waals surface area contributed by atoms with Crippen molar-refractivity contribution >= 4 is 29.0 Å². The molecule has 2 aromatic rings. The summed E-state index contributed by atoms with van der Waals surface area (Å²) >= 11 is 1.42. The molecule has 0 aromatic heterocycles. The summed E-state index contributed by atoms with van der Waals surface area (Å²) in [5, 5.41) is 13.4. The molecule has 8 heteroatoms. The average molecular weight is 362 g/mol. The summed E-state index contributed by atoms with van der Waals surface area (Å²) in [6.07, 6.45) is 0. The van der Waals surface area contributed by atoms with Gasteiger partial charge in [-0.15, -0.1) is 11.8 Å². The predicted octanol–water partition coefficient (Wildman–Crippen LogP) is 3.48. The van der Waals surface area contributed by atoms with E-state index in [0.717, 1.165) is 5.56 Å². The van der Waals surface area contributed by atoms with Gasteiger partial charge in [0.2, 0.25) is 5.91 Å². The molecule has 0 aliphatic rings. The Kier molecular flexibility index (Phi) is 6.64. The Morgan fingerprint density at radius 2 is 1.88 bits per heavy atom. The van der Waals surface area contributed by atoms with Gasteiger partial charge in [-0.05, 0) is 17.7 Å². The number of thioether (sulfide) groups is 1. The second kappa shape index (κ2) is 8.93. The maximum Gasteiger partial charge on any atom is 0.269 e. The van der Waals surface area contributed by atoms with Gasteiger partial charge in [0.15, 0.2) is 0 Å². The molecule has 0 aliphatic heterocycles. The third-order valence-electron chi connectivity index (χ3n) is 3.33. The van der Waals surface area contributed by atoms with Crippen LogP contribution in [0.1, 0.15) is 5.56 Å². The van der Waals surface area contributed by atoms with Gasteiger partial charge in [-0.2, -0.15) is 0 Å². The molecule has 0 radical (unpaired) electrons. The highest BCUT2D eigenvalue weighted by Crippen LogP contribution is 2.29. The lowest BCUT2D eigenvalue weighted by Crippen LogP contribution is -2.15. The number of carbonyl (C=O) groups is 1. The molecule has 0 spiro atoms. The molecule has 0 saturated carbocycles. The molecular formula is C17H18N2O5S. The molecule has 0 fully saturated rings. The van der Waals surface area contributed by atoms with Gasteiger partial charge in [0.25, 0.3) is 5.69 Å². The second-order valence-corrected chi connectivity index (χ2v) is 6.02. The number of methoxy groups -OCH3 is 2. The minimum atomic E-state index is -0.439. The van der Waals surface area contributed by atoms with E-state index < -0.39 is 4.92 Å². The molecule has 1 N–H and O–H groups in total. The molecule has 0 saturated heterocycles. The lowest BCUT2D eigenvalue weighted by atomic mass is 10.2. The van der Waals surface area contributed by atoms with Gasteiger partial charge in [-0.25, -0.2) is 0 Å². The largest absolute Gasteiger partial charge is 0.497 e. The van der Waals surface area contributed by atoms with Crippen LogP contribution in [-0.2, 0) is 10.5 Å². The van der Waals surface area contributed by atoms with Crippen molar-refractivity contribution in [2.24, 2.45) is 0 Å². The normalized spacial score (nSPS) is 10.2. The van der Waals surface area contributed by atoms with E-state index in [1.165, 1.54) is 31.0 Å². The topological polar surface area (TPSA) is 90.7 Å². The first-order valence-electron chi connectivity index (χ1n) is 7.36. The summed E-state index contributed by atoms with van der Waals surface area (Å²) in [4.78, 5) is 22.3. The minimum absolute atomic E-state index is 0.0524. The number of nitrogens with one attached hydrogen (secondary N) is 1. The second-order valence-electron chi connectivity index (χ2n) is 5.03. The van der Waals surface area contributed by atoms with Crippen molar-refractivity contribution in [1.82, 2.24) is 0 Å². The number of non-ortho nitro benzene ring substituents is 1. The standard InChI is InChI=1S/C17H18N2O5S/c1-23-14-7-8-16(24-2)15(9-14)18-17(20)11-25-10-12-3-5-13(6-4-12)19(21)22/h3-9H,10-11H2,1-2H3,(H,18,20). The van der Waals surface area contributed by atoms with Crippen molar-refractivity contribution in [2.45, 2.75) is 5.75 Å². The Balaban J connectivity index is 1.87. The van der Waals surface area contributed by atoms with Crippen molar-refractivity contribution in [3.63, 3.8) is 0 Å². The molecule has 2 rings (SSSR count). The molecule has 0 aliphatic carbocycles. The molecule has 2 aromatic carbocycles. The first kappa shape index (κ1) is 18.6. The van der Waals surface area contributed by atoms with Crippen LogP contribution in [-0.4, -0.2) is 30.8 Å². The van der Waals surface area contributed by atoms with Gasteiger partial charge in [0.1, 0.15) is 11.5 Å². The number of rotatable bonds is 8. The molecule has 7 nitrogen and oxygen atoms in total. The lowest BCUT2D eigenvalue weighted by Gasteiger charge is -2.11. The fourth-order valence-corrected chi connectivity index (χ4v) is 2.86. The quantitative estimate of drug-likeness (QED) is 0.571. The maximum atomic E-state index is 12.1. The van der Waals surface area contributed by atoms with E-state index in [9.17, 15) is 14.9 Å². The molecule has 0 atom stereocenters. The molecule has 0 heterocycles.